The number of rotatable bonds is 9. The molecular formula is C23H22N6S3. The van der Waals surface area contributed by atoms with Gasteiger partial charge in [0.1, 0.15) is 10.8 Å². The standard InChI is InChI=1S/C23H22N6S3/c1-28-14-18(13-24-28)22-25-19(15-31-22)16-32-23-27-26-21(12-20-8-5-11-30-20)29(23)10-9-17-6-3-2-4-7-17/h2-8,11,13-15H,9-10,12,16H2,1H3. The molecule has 5 rings (SSSR count). The first-order valence-corrected chi connectivity index (χ1v) is 13.0. The highest BCUT2D eigenvalue weighted by Crippen LogP contribution is 2.28. The molecule has 1 aromatic carbocycles. The minimum atomic E-state index is 0.763. The van der Waals surface area contributed by atoms with Gasteiger partial charge in [0.15, 0.2) is 5.16 Å². The molecule has 0 saturated carbocycles. The molecule has 0 aliphatic carbocycles. The molecule has 0 N–H and O–H groups in total. The van der Waals surface area contributed by atoms with Gasteiger partial charge in [0.05, 0.1) is 11.9 Å². The van der Waals surface area contributed by atoms with Crippen LogP contribution < -0.4 is 0 Å². The summed E-state index contributed by atoms with van der Waals surface area (Å²) in [5.41, 5.74) is 3.43. The van der Waals surface area contributed by atoms with E-state index in [1.165, 1.54) is 10.4 Å². The van der Waals surface area contributed by atoms with Gasteiger partial charge in [0.2, 0.25) is 0 Å². The van der Waals surface area contributed by atoms with Crippen LogP contribution in [0, 0.1) is 0 Å². The van der Waals surface area contributed by atoms with Crippen molar-refractivity contribution in [2.75, 3.05) is 0 Å². The second-order valence-electron chi connectivity index (χ2n) is 7.38. The van der Waals surface area contributed by atoms with E-state index in [9.17, 15) is 0 Å². The number of thiazole rings is 1. The highest BCUT2D eigenvalue weighted by atomic mass is 32.2. The first-order chi connectivity index (χ1) is 15.7. The maximum atomic E-state index is 4.79. The van der Waals surface area contributed by atoms with Crippen LogP contribution in [0.5, 0.6) is 0 Å². The van der Waals surface area contributed by atoms with Crippen LogP contribution in [0.15, 0.2) is 70.8 Å². The normalized spacial score (nSPS) is 11.3. The molecule has 4 aromatic heterocycles. The van der Waals surface area contributed by atoms with E-state index in [4.69, 9.17) is 4.98 Å². The van der Waals surface area contributed by atoms with Crippen molar-refractivity contribution in [3.63, 3.8) is 0 Å². The molecule has 0 unspecified atom stereocenters. The zero-order chi connectivity index (χ0) is 21.8. The van der Waals surface area contributed by atoms with Crippen LogP contribution in [0.25, 0.3) is 10.6 Å². The molecule has 6 nitrogen and oxygen atoms in total. The van der Waals surface area contributed by atoms with Gasteiger partial charge in [-0.2, -0.15) is 5.10 Å². The summed E-state index contributed by atoms with van der Waals surface area (Å²) in [6.45, 7) is 0.859. The third kappa shape index (κ3) is 5.01. The molecule has 0 atom stereocenters. The number of benzene rings is 1. The van der Waals surface area contributed by atoms with E-state index in [0.717, 1.165) is 52.4 Å². The molecular weight excluding hydrogens is 456 g/mol. The topological polar surface area (TPSA) is 61.4 Å². The van der Waals surface area contributed by atoms with E-state index >= 15 is 0 Å². The molecule has 5 aromatic rings. The largest absolute Gasteiger partial charge is 0.305 e. The Balaban J connectivity index is 1.32. The van der Waals surface area contributed by atoms with Crippen molar-refractivity contribution in [3.8, 4) is 10.6 Å². The van der Waals surface area contributed by atoms with Crippen molar-refractivity contribution in [2.45, 2.75) is 30.3 Å². The van der Waals surface area contributed by atoms with Crippen LogP contribution in [0.3, 0.4) is 0 Å². The Morgan fingerprint density at radius 3 is 2.72 bits per heavy atom. The number of aromatic nitrogens is 6. The molecule has 0 amide bonds. The maximum absolute atomic E-state index is 4.79. The zero-order valence-corrected chi connectivity index (χ0v) is 20.0. The number of hydrogen-bond donors (Lipinski definition) is 0. The van der Waals surface area contributed by atoms with Gasteiger partial charge < -0.3 is 4.57 Å². The fourth-order valence-electron chi connectivity index (χ4n) is 3.41. The van der Waals surface area contributed by atoms with Crippen LogP contribution in [-0.2, 0) is 32.2 Å². The second-order valence-corrected chi connectivity index (χ2v) is 10.2. The molecule has 9 heteroatoms. The fraction of sp³-hybridized carbons (Fsp3) is 0.217. The highest BCUT2D eigenvalue weighted by molar-refractivity contribution is 7.98. The molecule has 0 bridgehead atoms. The smallest absolute Gasteiger partial charge is 0.191 e. The Morgan fingerprint density at radius 1 is 1.03 bits per heavy atom. The Labute approximate surface area is 199 Å². The zero-order valence-electron chi connectivity index (χ0n) is 17.6. The molecule has 32 heavy (non-hydrogen) atoms. The van der Waals surface area contributed by atoms with Gasteiger partial charge in [-0.3, -0.25) is 4.68 Å². The van der Waals surface area contributed by atoms with Crippen molar-refractivity contribution < 1.29 is 0 Å². The summed E-state index contributed by atoms with van der Waals surface area (Å²) in [6, 6.07) is 14.8. The third-order valence-corrected chi connectivity index (χ3v) is 7.84. The summed E-state index contributed by atoms with van der Waals surface area (Å²) in [6.07, 6.45) is 5.60. The van der Waals surface area contributed by atoms with Crippen LogP contribution in [0.2, 0.25) is 0 Å². The van der Waals surface area contributed by atoms with Crippen LogP contribution in [-0.4, -0.2) is 29.5 Å². The minimum absolute atomic E-state index is 0.763. The predicted octanol–water partition coefficient (Wildman–Crippen LogP) is 5.32. The molecule has 0 radical (unpaired) electrons. The quantitative estimate of drug-likeness (QED) is 0.268. The van der Waals surface area contributed by atoms with Gasteiger partial charge in [-0.15, -0.1) is 32.9 Å². The number of thiophene rings is 1. The van der Waals surface area contributed by atoms with Gasteiger partial charge in [-0.25, -0.2) is 4.98 Å². The van der Waals surface area contributed by atoms with Gasteiger partial charge in [-0.1, -0.05) is 48.2 Å². The van der Waals surface area contributed by atoms with Gasteiger partial charge in [-0.05, 0) is 23.4 Å². The lowest BCUT2D eigenvalue weighted by Gasteiger charge is -2.10. The fourth-order valence-corrected chi connectivity index (χ4v) is 5.89. The van der Waals surface area contributed by atoms with Crippen molar-refractivity contribution in [3.05, 3.63) is 87.6 Å². The van der Waals surface area contributed by atoms with Gasteiger partial charge in [0, 0.05) is 47.8 Å². The van der Waals surface area contributed by atoms with E-state index in [1.54, 1.807) is 39.1 Å². The molecule has 0 saturated heterocycles. The Kier molecular flexibility index (Phi) is 6.47. The summed E-state index contributed by atoms with van der Waals surface area (Å²) in [5, 5.41) is 19.5. The summed E-state index contributed by atoms with van der Waals surface area (Å²) in [7, 11) is 1.92. The van der Waals surface area contributed by atoms with Gasteiger partial charge in [0.25, 0.3) is 0 Å². The van der Waals surface area contributed by atoms with E-state index in [2.05, 4.69) is 73.1 Å². The average molecular weight is 479 g/mol. The minimum Gasteiger partial charge on any atom is -0.305 e. The van der Waals surface area contributed by atoms with E-state index < -0.39 is 0 Å². The lowest BCUT2D eigenvalue weighted by atomic mass is 10.1. The van der Waals surface area contributed by atoms with Crippen molar-refractivity contribution in [1.82, 2.24) is 29.5 Å². The summed E-state index contributed by atoms with van der Waals surface area (Å²) in [4.78, 5) is 6.09. The molecule has 0 spiro atoms. The Morgan fingerprint density at radius 2 is 1.94 bits per heavy atom. The Hall–Kier alpha value is -2.75. The number of nitrogens with zero attached hydrogens (tertiary/aromatic N) is 6. The molecule has 4 heterocycles. The highest BCUT2D eigenvalue weighted by Gasteiger charge is 2.15. The van der Waals surface area contributed by atoms with E-state index in [0.29, 0.717) is 0 Å². The van der Waals surface area contributed by atoms with Crippen LogP contribution >= 0.6 is 34.4 Å². The first-order valence-electron chi connectivity index (χ1n) is 10.3. The maximum Gasteiger partial charge on any atom is 0.191 e. The van der Waals surface area contributed by atoms with E-state index in [-0.39, 0.29) is 0 Å². The number of hydrogen-bond acceptors (Lipinski definition) is 7. The second kappa shape index (κ2) is 9.81. The molecule has 0 aliphatic heterocycles. The summed E-state index contributed by atoms with van der Waals surface area (Å²) >= 11 is 5.11. The van der Waals surface area contributed by atoms with Crippen molar-refractivity contribution in [1.29, 1.82) is 0 Å². The number of thioether (sulfide) groups is 1. The summed E-state index contributed by atoms with van der Waals surface area (Å²) in [5.74, 6) is 1.78. The predicted molar refractivity (Wildman–Crippen MR) is 131 cm³/mol. The first kappa shape index (κ1) is 21.1. The SMILES string of the molecule is Cn1cc(-c2nc(CSc3nnc(Cc4cccs4)n3CCc3ccccc3)cs2)cn1. The van der Waals surface area contributed by atoms with E-state index in [1.807, 2.05) is 19.4 Å². The van der Waals surface area contributed by atoms with Crippen molar-refractivity contribution >= 4 is 34.4 Å². The molecule has 0 aliphatic rings. The number of aryl methyl sites for hydroxylation is 2. The Bertz CT molecular complexity index is 1270. The lowest BCUT2D eigenvalue weighted by Crippen LogP contribution is -2.08. The molecule has 0 fully saturated rings. The van der Waals surface area contributed by atoms with Crippen molar-refractivity contribution in [2.24, 2.45) is 7.05 Å². The summed E-state index contributed by atoms with van der Waals surface area (Å²) < 4.78 is 4.07. The average Bonchev–Trinajstić information content (AvgIpc) is 3.61. The lowest BCUT2D eigenvalue weighted by molar-refractivity contribution is 0.610. The monoisotopic (exact) mass is 478 g/mol. The molecule has 162 valence electrons. The van der Waals surface area contributed by atoms with Crippen LogP contribution in [0.1, 0.15) is 22.0 Å². The van der Waals surface area contributed by atoms with Crippen LogP contribution in [0.4, 0.5) is 0 Å². The third-order valence-electron chi connectivity index (χ3n) is 5.03. The van der Waals surface area contributed by atoms with Gasteiger partial charge >= 0.3 is 0 Å².